The van der Waals surface area contributed by atoms with E-state index in [0.29, 0.717) is 22.5 Å². The molecule has 0 radical (unpaired) electrons. The van der Waals surface area contributed by atoms with Crippen LogP contribution in [0.25, 0.3) is 10.9 Å². The lowest BCUT2D eigenvalue weighted by Crippen LogP contribution is -2.40. The first-order valence-electron chi connectivity index (χ1n) is 11.9. The van der Waals surface area contributed by atoms with E-state index in [4.69, 9.17) is 9.47 Å². The van der Waals surface area contributed by atoms with Crippen molar-refractivity contribution in [3.05, 3.63) is 42.2 Å². The molecule has 1 aliphatic heterocycles. The van der Waals surface area contributed by atoms with Crippen molar-refractivity contribution in [1.82, 2.24) is 15.0 Å². The highest BCUT2D eigenvalue weighted by Gasteiger charge is 2.25. The van der Waals surface area contributed by atoms with Crippen LogP contribution in [0.2, 0.25) is 0 Å². The number of sulfone groups is 1. The number of benzene rings is 1. The molecule has 1 aromatic carbocycles. The highest BCUT2D eigenvalue weighted by molar-refractivity contribution is 7.91. The number of nitrogens with zero attached hydrogens (tertiary/aromatic N) is 4. The van der Waals surface area contributed by atoms with Gasteiger partial charge in [0.15, 0.2) is 16.4 Å². The zero-order valence-corrected chi connectivity index (χ0v) is 22.1. The van der Waals surface area contributed by atoms with E-state index in [1.165, 1.54) is 6.33 Å². The number of phenolic OH excluding ortho intramolecular Hbond substituents is 1. The number of esters is 1. The first-order valence-corrected chi connectivity index (χ1v) is 13.7. The Morgan fingerprint density at radius 2 is 1.92 bits per heavy atom. The van der Waals surface area contributed by atoms with Crippen LogP contribution in [0, 0.1) is 0 Å². The second-order valence-corrected chi connectivity index (χ2v) is 12.2. The van der Waals surface area contributed by atoms with Crippen LogP contribution >= 0.6 is 0 Å². The maximum absolute atomic E-state index is 12.3. The maximum atomic E-state index is 12.3. The van der Waals surface area contributed by atoms with E-state index < -0.39 is 21.4 Å². The van der Waals surface area contributed by atoms with E-state index in [1.807, 2.05) is 17.9 Å². The van der Waals surface area contributed by atoms with Crippen molar-refractivity contribution in [2.75, 3.05) is 41.4 Å². The second-order valence-electron chi connectivity index (χ2n) is 9.88. The minimum Gasteiger partial charge on any atom is -0.508 e. The molecule has 3 aromatic rings. The third kappa shape index (κ3) is 6.76. The number of hydrogen-bond donors (Lipinski definition) is 2. The Bertz CT molecular complexity index is 1390. The molecule has 12 heteroatoms. The molecule has 2 aromatic heterocycles. The van der Waals surface area contributed by atoms with Gasteiger partial charge in [-0.15, -0.1) is 0 Å². The van der Waals surface area contributed by atoms with Gasteiger partial charge in [-0.05, 0) is 51.5 Å². The Kier molecular flexibility index (Phi) is 7.39. The molecule has 1 atom stereocenters. The lowest BCUT2D eigenvalue weighted by atomic mass is 10.1. The summed E-state index contributed by atoms with van der Waals surface area (Å²) in [6, 6.07) is 8.48. The number of anilines is 2. The highest BCUT2D eigenvalue weighted by atomic mass is 32.2. The summed E-state index contributed by atoms with van der Waals surface area (Å²) < 4.78 is 35.0. The first-order chi connectivity index (χ1) is 17.4. The highest BCUT2D eigenvalue weighted by Crippen LogP contribution is 2.33. The fraction of sp³-hybridized carbons (Fsp3) is 0.440. The van der Waals surface area contributed by atoms with Crippen molar-refractivity contribution < 1.29 is 27.8 Å². The van der Waals surface area contributed by atoms with Crippen LogP contribution in [0.4, 0.5) is 11.6 Å². The molecular weight excluding hydrogens is 498 g/mol. The van der Waals surface area contributed by atoms with Gasteiger partial charge in [0.2, 0.25) is 5.88 Å². The Labute approximate surface area is 215 Å². The Morgan fingerprint density at radius 3 is 2.59 bits per heavy atom. The molecule has 0 bridgehead atoms. The van der Waals surface area contributed by atoms with E-state index >= 15 is 0 Å². The third-order valence-corrected chi connectivity index (χ3v) is 7.32. The van der Waals surface area contributed by atoms with E-state index in [0.717, 1.165) is 5.56 Å². The lowest BCUT2D eigenvalue weighted by Gasteiger charge is -2.28. The number of aromatic hydroxyl groups is 1. The van der Waals surface area contributed by atoms with Crippen LogP contribution in [0.5, 0.6) is 11.6 Å². The van der Waals surface area contributed by atoms with Gasteiger partial charge in [-0.25, -0.2) is 23.2 Å². The number of nitrogens with one attached hydrogen (secondary N) is 1. The van der Waals surface area contributed by atoms with Crippen LogP contribution in [0.1, 0.15) is 39.3 Å². The predicted octanol–water partition coefficient (Wildman–Crippen LogP) is 2.86. The minimum absolute atomic E-state index is 0.0196. The molecule has 0 aliphatic carbocycles. The van der Waals surface area contributed by atoms with Crippen molar-refractivity contribution in [2.24, 2.45) is 0 Å². The first kappa shape index (κ1) is 26.4. The molecule has 1 saturated heterocycles. The van der Waals surface area contributed by atoms with E-state index in [-0.39, 0.29) is 48.9 Å². The van der Waals surface area contributed by atoms with Gasteiger partial charge in [-0.1, -0.05) is 12.1 Å². The van der Waals surface area contributed by atoms with Gasteiger partial charge in [0.1, 0.15) is 34.8 Å². The van der Waals surface area contributed by atoms with Gasteiger partial charge in [-0.3, -0.25) is 0 Å². The number of aromatic nitrogens is 3. The smallest absolute Gasteiger partial charge is 0.344 e. The van der Waals surface area contributed by atoms with Crippen LogP contribution in [-0.2, 0) is 19.4 Å². The Hall–Kier alpha value is -3.67. The minimum atomic E-state index is -3.09. The molecule has 4 rings (SSSR count). The number of carbonyl (C=O) groups excluding carboxylic acids is 1. The molecule has 0 saturated carbocycles. The van der Waals surface area contributed by atoms with Gasteiger partial charge in [-0.2, -0.15) is 4.98 Å². The summed E-state index contributed by atoms with van der Waals surface area (Å²) in [5, 5.41) is 13.8. The lowest BCUT2D eigenvalue weighted by molar-refractivity contribution is -0.157. The summed E-state index contributed by atoms with van der Waals surface area (Å²) in [6.07, 6.45) is 1.37. The van der Waals surface area contributed by atoms with Crippen molar-refractivity contribution in [1.29, 1.82) is 0 Å². The molecule has 11 nitrogen and oxygen atoms in total. The summed E-state index contributed by atoms with van der Waals surface area (Å²) in [6.45, 7) is 7.42. The average Bonchev–Trinajstić information content (AvgIpc) is 2.81. The quantitative estimate of drug-likeness (QED) is 0.436. The third-order valence-electron chi connectivity index (χ3n) is 5.71. The molecule has 0 unspecified atom stereocenters. The number of ether oxygens (including phenoxy) is 2. The SMILES string of the molecule is C[C@@H](Nc1ncnc2c(OCC(=O)OC(C)(C)C)nc(N3CCS(=O)(=O)CC3)cc12)c1cccc(O)c1. The monoisotopic (exact) mass is 529 g/mol. The van der Waals surface area contributed by atoms with E-state index in [2.05, 4.69) is 20.3 Å². The van der Waals surface area contributed by atoms with Gasteiger partial charge in [0.25, 0.3) is 0 Å². The van der Waals surface area contributed by atoms with Crippen molar-refractivity contribution in [2.45, 2.75) is 39.3 Å². The van der Waals surface area contributed by atoms with Gasteiger partial charge < -0.3 is 24.8 Å². The van der Waals surface area contributed by atoms with Crippen molar-refractivity contribution in [3.8, 4) is 11.6 Å². The van der Waals surface area contributed by atoms with Crippen LogP contribution in [-0.4, -0.2) is 71.2 Å². The molecule has 1 fully saturated rings. The number of fused-ring (bicyclic) bond motifs is 1. The number of rotatable bonds is 7. The molecular formula is C25H31N5O6S. The van der Waals surface area contributed by atoms with Crippen molar-refractivity contribution >= 4 is 38.3 Å². The topological polar surface area (TPSA) is 144 Å². The second kappa shape index (κ2) is 10.4. The Balaban J connectivity index is 1.70. The summed E-state index contributed by atoms with van der Waals surface area (Å²) in [7, 11) is -3.09. The molecule has 2 N–H and O–H groups in total. The Morgan fingerprint density at radius 1 is 1.19 bits per heavy atom. The zero-order chi connectivity index (χ0) is 26.8. The largest absolute Gasteiger partial charge is 0.508 e. The molecule has 198 valence electrons. The van der Waals surface area contributed by atoms with Gasteiger partial charge >= 0.3 is 5.97 Å². The summed E-state index contributed by atoms with van der Waals surface area (Å²) in [5.74, 6) is 0.741. The standard InChI is InChI=1S/C25H31N5O6S/c1-16(17-6-5-7-18(31)12-17)28-23-19-13-20(30-8-10-37(33,34)11-9-30)29-24(22(19)26-15-27-23)35-14-21(32)36-25(2,3)4/h5-7,12-13,15-16,31H,8-11,14H2,1-4H3,(H,26,27,28)/t16-/m1/s1. The van der Waals surface area contributed by atoms with Crippen LogP contribution < -0.4 is 15.0 Å². The van der Waals surface area contributed by atoms with Crippen LogP contribution in [0.15, 0.2) is 36.7 Å². The van der Waals surface area contributed by atoms with Crippen molar-refractivity contribution in [3.63, 3.8) is 0 Å². The fourth-order valence-electron chi connectivity index (χ4n) is 3.92. The number of carbonyl (C=O) groups is 1. The zero-order valence-electron chi connectivity index (χ0n) is 21.3. The number of phenols is 1. The average molecular weight is 530 g/mol. The molecule has 3 heterocycles. The fourth-order valence-corrected chi connectivity index (χ4v) is 5.12. The van der Waals surface area contributed by atoms with E-state index in [1.54, 1.807) is 45.0 Å². The van der Waals surface area contributed by atoms with Gasteiger partial charge in [0.05, 0.1) is 22.9 Å². The molecule has 1 aliphatic rings. The van der Waals surface area contributed by atoms with E-state index in [9.17, 15) is 18.3 Å². The van der Waals surface area contributed by atoms with Gasteiger partial charge in [0, 0.05) is 13.1 Å². The molecule has 0 spiro atoms. The number of pyridine rings is 1. The predicted molar refractivity (Wildman–Crippen MR) is 140 cm³/mol. The van der Waals surface area contributed by atoms with Crippen LogP contribution in [0.3, 0.4) is 0 Å². The molecule has 0 amide bonds. The summed E-state index contributed by atoms with van der Waals surface area (Å²) in [4.78, 5) is 27.5. The summed E-state index contributed by atoms with van der Waals surface area (Å²) in [5.41, 5.74) is 0.569. The summed E-state index contributed by atoms with van der Waals surface area (Å²) >= 11 is 0. The molecule has 37 heavy (non-hydrogen) atoms. The maximum Gasteiger partial charge on any atom is 0.344 e. The normalized spacial score (nSPS) is 16.3. The number of hydrogen-bond acceptors (Lipinski definition) is 11.